The van der Waals surface area contributed by atoms with Gasteiger partial charge in [-0.15, -0.1) is 0 Å². The van der Waals surface area contributed by atoms with E-state index in [-0.39, 0.29) is 5.91 Å². The van der Waals surface area contributed by atoms with Gasteiger partial charge in [-0.3, -0.25) is 14.4 Å². The molecule has 1 saturated heterocycles. The lowest BCUT2D eigenvalue weighted by molar-refractivity contribution is -0.129. The number of hydrogen-bond acceptors (Lipinski definition) is 7. The number of aromatic nitrogens is 4. The van der Waals surface area contributed by atoms with Crippen LogP contribution in [0.25, 0.3) is 11.3 Å². The predicted octanol–water partition coefficient (Wildman–Crippen LogP) is 2.11. The number of benzene rings is 1. The van der Waals surface area contributed by atoms with E-state index in [1.807, 2.05) is 13.2 Å². The number of halogens is 1. The van der Waals surface area contributed by atoms with Crippen LogP contribution in [0.3, 0.4) is 0 Å². The number of nitrogens with zero attached hydrogens (tertiary/aromatic N) is 8. The van der Waals surface area contributed by atoms with Crippen LogP contribution in [0, 0.1) is 17.1 Å². The third-order valence-electron chi connectivity index (χ3n) is 6.67. The molecule has 0 bridgehead atoms. The molecular weight excluding hydrogens is 447 g/mol. The van der Waals surface area contributed by atoms with Gasteiger partial charge in [0.15, 0.2) is 5.82 Å². The molecule has 0 atom stereocenters. The lowest BCUT2D eigenvalue weighted by Crippen LogP contribution is -2.46. The first-order valence-corrected chi connectivity index (χ1v) is 11.7. The molecule has 2 aliphatic rings. The number of hydrogen-bond donors (Lipinski definition) is 0. The highest BCUT2D eigenvalue weighted by molar-refractivity contribution is 5.74. The molecule has 0 radical (unpaired) electrons. The normalized spacial score (nSPS) is 16.2. The Kier molecular flexibility index (Phi) is 6.17. The molecule has 0 aliphatic carbocycles. The molecule has 35 heavy (non-hydrogen) atoms. The van der Waals surface area contributed by atoms with E-state index < -0.39 is 5.82 Å². The number of carbonyl (C=O) groups excluding carboxylic acids is 1. The molecule has 3 aromatic rings. The summed E-state index contributed by atoms with van der Waals surface area (Å²) in [4.78, 5) is 28.3. The number of aryl methyl sites for hydroxylation is 1. The molecule has 2 aliphatic heterocycles. The van der Waals surface area contributed by atoms with E-state index in [1.165, 1.54) is 12.1 Å². The van der Waals surface area contributed by atoms with Crippen molar-refractivity contribution >= 4 is 11.7 Å². The van der Waals surface area contributed by atoms with Crippen molar-refractivity contribution in [3.8, 4) is 17.3 Å². The molecule has 10 heteroatoms. The number of rotatable bonds is 4. The van der Waals surface area contributed by atoms with Gasteiger partial charge in [-0.05, 0) is 17.7 Å². The zero-order valence-electron chi connectivity index (χ0n) is 19.9. The largest absolute Gasteiger partial charge is 0.352 e. The molecule has 180 valence electrons. The zero-order valence-corrected chi connectivity index (χ0v) is 19.9. The van der Waals surface area contributed by atoms with Crippen LogP contribution in [-0.4, -0.2) is 68.2 Å². The first kappa shape index (κ1) is 22.9. The van der Waals surface area contributed by atoms with Crippen molar-refractivity contribution in [1.29, 1.82) is 5.26 Å². The molecule has 0 saturated carbocycles. The SMILES string of the molecule is CC(=O)N1CCc2nc(N3CCN(Cc4ccc(F)cc4C#N)CC3)c(-c3cnn(C)c3)nc2C1. The van der Waals surface area contributed by atoms with Gasteiger partial charge < -0.3 is 9.80 Å². The van der Waals surface area contributed by atoms with Gasteiger partial charge in [-0.2, -0.15) is 10.4 Å². The van der Waals surface area contributed by atoms with E-state index in [0.717, 1.165) is 60.2 Å². The fourth-order valence-electron chi connectivity index (χ4n) is 4.70. The van der Waals surface area contributed by atoms with Crippen molar-refractivity contribution < 1.29 is 9.18 Å². The first-order valence-electron chi connectivity index (χ1n) is 11.7. The number of fused-ring (bicyclic) bond motifs is 1. The first-order chi connectivity index (χ1) is 16.9. The summed E-state index contributed by atoms with van der Waals surface area (Å²) in [5.74, 6) is 0.490. The van der Waals surface area contributed by atoms with Crippen LogP contribution in [0.1, 0.15) is 29.4 Å². The quantitative estimate of drug-likeness (QED) is 0.572. The van der Waals surface area contributed by atoms with E-state index in [2.05, 4.69) is 21.0 Å². The van der Waals surface area contributed by atoms with Crippen molar-refractivity contribution in [2.45, 2.75) is 26.4 Å². The zero-order chi connectivity index (χ0) is 24.5. The van der Waals surface area contributed by atoms with E-state index in [4.69, 9.17) is 9.97 Å². The van der Waals surface area contributed by atoms with E-state index in [1.54, 1.807) is 28.8 Å². The Labute approximate surface area is 203 Å². The Morgan fingerprint density at radius 1 is 1.14 bits per heavy atom. The highest BCUT2D eigenvalue weighted by atomic mass is 19.1. The Hall–Kier alpha value is -3.84. The summed E-state index contributed by atoms with van der Waals surface area (Å²) in [5, 5.41) is 13.7. The fraction of sp³-hybridized carbons (Fsp3) is 0.400. The lowest BCUT2D eigenvalue weighted by Gasteiger charge is -2.37. The highest BCUT2D eigenvalue weighted by Gasteiger charge is 2.27. The van der Waals surface area contributed by atoms with E-state index >= 15 is 0 Å². The van der Waals surface area contributed by atoms with Gasteiger partial charge in [0.25, 0.3) is 0 Å². The van der Waals surface area contributed by atoms with Crippen molar-refractivity contribution in [2.75, 3.05) is 37.6 Å². The average molecular weight is 475 g/mol. The molecule has 2 aromatic heterocycles. The molecule has 4 heterocycles. The van der Waals surface area contributed by atoms with Gasteiger partial charge in [-0.25, -0.2) is 14.4 Å². The summed E-state index contributed by atoms with van der Waals surface area (Å²) < 4.78 is 15.2. The Balaban J connectivity index is 1.38. The van der Waals surface area contributed by atoms with Gasteiger partial charge in [0.2, 0.25) is 5.91 Å². The summed E-state index contributed by atoms with van der Waals surface area (Å²) in [7, 11) is 1.87. The number of carbonyl (C=O) groups is 1. The summed E-state index contributed by atoms with van der Waals surface area (Å²) in [6.45, 7) is 6.38. The van der Waals surface area contributed by atoms with Crippen molar-refractivity contribution in [3.05, 3.63) is 58.9 Å². The Morgan fingerprint density at radius 3 is 2.63 bits per heavy atom. The highest BCUT2D eigenvalue weighted by Crippen LogP contribution is 2.31. The van der Waals surface area contributed by atoms with Crippen LogP contribution in [0.2, 0.25) is 0 Å². The molecule has 1 aromatic carbocycles. The minimum atomic E-state index is -0.393. The average Bonchev–Trinajstić information content (AvgIpc) is 3.30. The lowest BCUT2D eigenvalue weighted by atomic mass is 10.1. The van der Waals surface area contributed by atoms with Crippen molar-refractivity contribution in [3.63, 3.8) is 0 Å². The fourth-order valence-corrected chi connectivity index (χ4v) is 4.70. The van der Waals surface area contributed by atoms with E-state index in [0.29, 0.717) is 31.6 Å². The molecule has 1 fully saturated rings. The van der Waals surface area contributed by atoms with Crippen LogP contribution in [-0.2, 0) is 31.4 Å². The second kappa shape index (κ2) is 9.43. The second-order valence-corrected chi connectivity index (χ2v) is 9.06. The van der Waals surface area contributed by atoms with Crippen LogP contribution in [0.15, 0.2) is 30.6 Å². The maximum absolute atomic E-state index is 13.5. The van der Waals surface area contributed by atoms with E-state index in [9.17, 15) is 14.4 Å². The smallest absolute Gasteiger partial charge is 0.219 e. The standard InChI is InChI=1S/C25H27FN8O/c1-17(35)34-6-5-22-23(16-34)29-24(20-13-28-31(2)14-20)25(30-22)33-9-7-32(8-10-33)15-18-3-4-21(26)11-19(18)12-27/h3-4,11,13-14H,5-10,15-16H2,1-2H3. The predicted molar refractivity (Wildman–Crippen MR) is 128 cm³/mol. The maximum Gasteiger partial charge on any atom is 0.219 e. The van der Waals surface area contributed by atoms with Crippen molar-refractivity contribution in [2.24, 2.45) is 7.05 Å². The molecule has 9 nitrogen and oxygen atoms in total. The minimum Gasteiger partial charge on any atom is -0.352 e. The maximum atomic E-state index is 13.5. The van der Waals surface area contributed by atoms with Gasteiger partial charge in [0, 0.05) is 71.4 Å². The molecule has 0 N–H and O–H groups in total. The van der Waals surface area contributed by atoms with Gasteiger partial charge in [0.1, 0.15) is 11.5 Å². The minimum absolute atomic E-state index is 0.0429. The molecule has 0 spiro atoms. The summed E-state index contributed by atoms with van der Waals surface area (Å²) in [5.41, 5.74) is 4.67. The summed E-state index contributed by atoms with van der Waals surface area (Å²) in [6.07, 6.45) is 4.41. The van der Waals surface area contributed by atoms with Crippen LogP contribution < -0.4 is 4.90 Å². The molecule has 0 unspecified atom stereocenters. The Morgan fingerprint density at radius 2 is 1.94 bits per heavy atom. The Bertz CT molecular complexity index is 1310. The van der Waals surface area contributed by atoms with Crippen LogP contribution >= 0.6 is 0 Å². The van der Waals surface area contributed by atoms with Crippen LogP contribution in [0.4, 0.5) is 10.2 Å². The van der Waals surface area contributed by atoms with Gasteiger partial charge in [0.05, 0.1) is 35.8 Å². The topological polar surface area (TPSA) is 94.2 Å². The second-order valence-electron chi connectivity index (χ2n) is 9.06. The van der Waals surface area contributed by atoms with Crippen LogP contribution in [0.5, 0.6) is 0 Å². The van der Waals surface area contributed by atoms with Gasteiger partial charge >= 0.3 is 0 Å². The van der Waals surface area contributed by atoms with Crippen molar-refractivity contribution in [1.82, 2.24) is 29.5 Å². The van der Waals surface area contributed by atoms with Gasteiger partial charge in [-0.1, -0.05) is 6.07 Å². The monoisotopic (exact) mass is 474 g/mol. The third kappa shape index (κ3) is 4.72. The molecule has 1 amide bonds. The summed E-state index contributed by atoms with van der Waals surface area (Å²) in [6, 6.07) is 6.49. The number of anilines is 1. The third-order valence-corrected chi connectivity index (χ3v) is 6.67. The number of piperazine rings is 1. The number of amides is 1. The molecule has 5 rings (SSSR count). The molecular formula is C25H27FN8O. The number of nitriles is 1. The summed E-state index contributed by atoms with van der Waals surface area (Å²) >= 11 is 0.